The van der Waals surface area contributed by atoms with Gasteiger partial charge in [-0.15, -0.1) is 0 Å². The standard InChI is InChI=1S/C19H21N7O/c1-20-17-15-18(23-10-22-15)25-16(24-17)14-8-26(2)19-13(14)6-11(7-21-19)9-27-12-4-3-5-12/h6-8,10,12H,3-5,9H2,1-2H3,(H2,20,22,23,24,25). The van der Waals surface area contributed by atoms with Crippen LogP contribution in [-0.2, 0) is 18.4 Å². The number of rotatable bonds is 5. The van der Waals surface area contributed by atoms with Crippen molar-refractivity contribution >= 4 is 28.0 Å². The van der Waals surface area contributed by atoms with Crippen molar-refractivity contribution in [3.8, 4) is 11.4 Å². The fourth-order valence-corrected chi connectivity index (χ4v) is 3.45. The van der Waals surface area contributed by atoms with Crippen LogP contribution in [-0.4, -0.2) is 42.6 Å². The van der Waals surface area contributed by atoms with Gasteiger partial charge >= 0.3 is 0 Å². The average molecular weight is 363 g/mol. The van der Waals surface area contributed by atoms with Gasteiger partial charge in [0.15, 0.2) is 17.3 Å². The third-order valence-electron chi connectivity index (χ3n) is 5.17. The Morgan fingerprint density at radius 3 is 2.96 bits per heavy atom. The molecular formula is C19H21N7O. The molecule has 0 spiro atoms. The number of nitrogens with one attached hydrogen (secondary N) is 2. The summed E-state index contributed by atoms with van der Waals surface area (Å²) in [6.07, 6.45) is 9.53. The molecule has 8 nitrogen and oxygen atoms in total. The zero-order chi connectivity index (χ0) is 18.4. The van der Waals surface area contributed by atoms with Crippen molar-refractivity contribution in [1.29, 1.82) is 0 Å². The Kier molecular flexibility index (Phi) is 3.78. The van der Waals surface area contributed by atoms with Gasteiger partial charge < -0.3 is 19.6 Å². The van der Waals surface area contributed by atoms with Gasteiger partial charge in [0.05, 0.1) is 19.0 Å². The number of hydrogen-bond acceptors (Lipinski definition) is 6. The first-order valence-electron chi connectivity index (χ1n) is 9.17. The van der Waals surface area contributed by atoms with E-state index in [-0.39, 0.29) is 0 Å². The van der Waals surface area contributed by atoms with E-state index in [4.69, 9.17) is 4.74 Å². The van der Waals surface area contributed by atoms with Crippen LogP contribution in [0.4, 0.5) is 5.82 Å². The molecule has 0 aliphatic heterocycles. The number of aromatic nitrogens is 6. The Balaban J connectivity index is 1.59. The molecule has 0 saturated heterocycles. The maximum atomic E-state index is 5.95. The van der Waals surface area contributed by atoms with Crippen LogP contribution in [0.2, 0.25) is 0 Å². The molecule has 1 aliphatic rings. The van der Waals surface area contributed by atoms with Crippen LogP contribution in [0, 0.1) is 0 Å². The van der Waals surface area contributed by atoms with Crippen molar-refractivity contribution in [2.24, 2.45) is 7.05 Å². The Labute approximate surface area is 156 Å². The second-order valence-corrected chi connectivity index (χ2v) is 6.98. The van der Waals surface area contributed by atoms with E-state index in [9.17, 15) is 0 Å². The third-order valence-corrected chi connectivity index (χ3v) is 5.17. The van der Waals surface area contributed by atoms with E-state index in [2.05, 4.69) is 36.3 Å². The van der Waals surface area contributed by atoms with Gasteiger partial charge in [0.25, 0.3) is 0 Å². The zero-order valence-electron chi connectivity index (χ0n) is 15.4. The molecule has 0 atom stereocenters. The average Bonchev–Trinajstić information content (AvgIpc) is 3.24. The molecule has 0 radical (unpaired) electrons. The second-order valence-electron chi connectivity index (χ2n) is 6.98. The topological polar surface area (TPSA) is 93.5 Å². The first-order valence-corrected chi connectivity index (χ1v) is 9.17. The maximum absolute atomic E-state index is 5.95. The predicted octanol–water partition coefficient (Wildman–Crippen LogP) is 3.02. The first kappa shape index (κ1) is 16.2. The molecule has 0 aromatic carbocycles. The largest absolute Gasteiger partial charge is 0.373 e. The molecule has 27 heavy (non-hydrogen) atoms. The number of pyridine rings is 1. The Bertz CT molecular complexity index is 1130. The lowest BCUT2D eigenvalue weighted by Crippen LogP contribution is -2.21. The summed E-state index contributed by atoms with van der Waals surface area (Å²) in [4.78, 5) is 21.3. The summed E-state index contributed by atoms with van der Waals surface area (Å²) in [5.41, 5.74) is 4.34. The van der Waals surface area contributed by atoms with E-state index in [0.717, 1.165) is 46.3 Å². The van der Waals surface area contributed by atoms with E-state index in [1.165, 1.54) is 6.42 Å². The SMILES string of the molecule is CNc1nc(-c2cn(C)c3ncc(COC4CCC4)cc23)nc2nc[nH]c12. The summed E-state index contributed by atoms with van der Waals surface area (Å²) in [7, 11) is 3.82. The molecule has 1 fully saturated rings. The van der Waals surface area contributed by atoms with Gasteiger partial charge in [-0.1, -0.05) is 0 Å². The minimum Gasteiger partial charge on any atom is -0.373 e. The van der Waals surface area contributed by atoms with Crippen molar-refractivity contribution in [2.45, 2.75) is 32.0 Å². The number of hydrogen-bond donors (Lipinski definition) is 2. The van der Waals surface area contributed by atoms with Gasteiger partial charge in [-0.25, -0.2) is 19.9 Å². The molecule has 8 heteroatoms. The molecule has 4 aromatic heterocycles. The van der Waals surface area contributed by atoms with E-state index in [1.807, 2.05) is 31.1 Å². The molecule has 0 unspecified atom stereocenters. The fraction of sp³-hybridized carbons (Fsp3) is 0.368. The van der Waals surface area contributed by atoms with Crippen LogP contribution in [0.25, 0.3) is 33.6 Å². The van der Waals surface area contributed by atoms with Crippen LogP contribution in [0.15, 0.2) is 24.8 Å². The van der Waals surface area contributed by atoms with E-state index in [1.54, 1.807) is 6.33 Å². The van der Waals surface area contributed by atoms with Gasteiger partial charge in [-0.05, 0) is 30.9 Å². The smallest absolute Gasteiger partial charge is 0.183 e. The number of fused-ring (bicyclic) bond motifs is 2. The summed E-state index contributed by atoms with van der Waals surface area (Å²) in [5.74, 6) is 1.35. The second kappa shape index (κ2) is 6.31. The minimum atomic E-state index is 0.402. The molecular weight excluding hydrogens is 342 g/mol. The first-order chi connectivity index (χ1) is 13.2. The third kappa shape index (κ3) is 2.73. The highest BCUT2D eigenvalue weighted by atomic mass is 16.5. The van der Waals surface area contributed by atoms with Crippen LogP contribution in [0.5, 0.6) is 0 Å². The minimum absolute atomic E-state index is 0.402. The van der Waals surface area contributed by atoms with E-state index >= 15 is 0 Å². The lowest BCUT2D eigenvalue weighted by atomic mass is 9.96. The Morgan fingerprint density at radius 1 is 1.30 bits per heavy atom. The molecule has 5 rings (SSSR count). The number of nitrogens with zero attached hydrogens (tertiary/aromatic N) is 5. The Hall–Kier alpha value is -3.00. The summed E-state index contributed by atoms with van der Waals surface area (Å²) in [6.45, 7) is 0.586. The highest BCUT2D eigenvalue weighted by Crippen LogP contribution is 2.30. The Morgan fingerprint density at radius 2 is 2.19 bits per heavy atom. The van der Waals surface area contributed by atoms with Gasteiger partial charge in [0.2, 0.25) is 0 Å². The monoisotopic (exact) mass is 363 g/mol. The maximum Gasteiger partial charge on any atom is 0.183 e. The van der Waals surface area contributed by atoms with Crippen molar-refractivity contribution in [3.63, 3.8) is 0 Å². The van der Waals surface area contributed by atoms with Crippen LogP contribution < -0.4 is 5.32 Å². The lowest BCUT2D eigenvalue weighted by Gasteiger charge is -2.25. The van der Waals surface area contributed by atoms with Crippen LogP contribution in [0.1, 0.15) is 24.8 Å². The number of aryl methyl sites for hydroxylation is 1. The van der Waals surface area contributed by atoms with Gasteiger partial charge in [-0.3, -0.25) is 0 Å². The van der Waals surface area contributed by atoms with Crippen molar-refractivity contribution < 1.29 is 4.74 Å². The number of H-pyrrole nitrogens is 1. The number of anilines is 1. The van der Waals surface area contributed by atoms with Gasteiger partial charge in [0, 0.05) is 37.4 Å². The van der Waals surface area contributed by atoms with E-state index in [0.29, 0.717) is 24.2 Å². The highest BCUT2D eigenvalue weighted by molar-refractivity contribution is 5.94. The fourth-order valence-electron chi connectivity index (χ4n) is 3.45. The highest BCUT2D eigenvalue weighted by Gasteiger charge is 2.19. The van der Waals surface area contributed by atoms with Gasteiger partial charge in [-0.2, -0.15) is 0 Å². The summed E-state index contributed by atoms with van der Waals surface area (Å²) < 4.78 is 7.95. The summed E-state index contributed by atoms with van der Waals surface area (Å²) >= 11 is 0. The van der Waals surface area contributed by atoms with Crippen LogP contribution in [0.3, 0.4) is 0 Å². The molecule has 4 heterocycles. The number of ether oxygens (including phenoxy) is 1. The molecule has 1 aliphatic carbocycles. The molecule has 1 saturated carbocycles. The van der Waals surface area contributed by atoms with Crippen molar-refractivity contribution in [1.82, 2.24) is 29.5 Å². The number of imidazole rings is 1. The lowest BCUT2D eigenvalue weighted by molar-refractivity contribution is -0.00871. The molecule has 138 valence electrons. The van der Waals surface area contributed by atoms with Crippen molar-refractivity contribution in [3.05, 3.63) is 30.4 Å². The molecule has 0 amide bonds. The van der Waals surface area contributed by atoms with E-state index < -0.39 is 0 Å². The summed E-state index contributed by atoms with van der Waals surface area (Å²) in [6, 6.07) is 2.13. The molecule has 2 N–H and O–H groups in total. The zero-order valence-corrected chi connectivity index (χ0v) is 15.4. The quantitative estimate of drug-likeness (QED) is 0.566. The van der Waals surface area contributed by atoms with Gasteiger partial charge in [0.1, 0.15) is 11.2 Å². The summed E-state index contributed by atoms with van der Waals surface area (Å²) in [5, 5.41) is 4.13. The molecule has 0 bridgehead atoms. The molecule has 4 aromatic rings. The predicted molar refractivity (Wildman–Crippen MR) is 103 cm³/mol. The number of aromatic amines is 1. The normalized spacial score (nSPS) is 14.7. The van der Waals surface area contributed by atoms with Crippen LogP contribution >= 0.6 is 0 Å². The van der Waals surface area contributed by atoms with Crippen molar-refractivity contribution in [2.75, 3.05) is 12.4 Å².